The van der Waals surface area contributed by atoms with Crippen molar-refractivity contribution in [2.24, 2.45) is 5.92 Å². The monoisotopic (exact) mass is 648 g/mol. The molecule has 1 saturated carbocycles. The quantitative estimate of drug-likeness (QED) is 0.0774. The lowest BCUT2D eigenvalue weighted by Gasteiger charge is -2.40. The number of esters is 1. The average Bonchev–Trinajstić information content (AvgIpc) is 3.22. The molecule has 1 fully saturated rings. The minimum Gasteiger partial charge on any atom is -0.469 e. The summed E-state index contributed by atoms with van der Waals surface area (Å²) < 4.78 is 34.6. The number of allylic oxidation sites excluding steroid dienone is 2. The maximum Gasteiger partial charge on any atom is 0.305 e. The first-order valence-corrected chi connectivity index (χ1v) is 23.0. The van der Waals surface area contributed by atoms with E-state index in [-0.39, 0.29) is 40.1 Å². The Morgan fingerprint density at radius 2 is 1.57 bits per heavy atom. The minimum absolute atomic E-state index is 0.00672. The van der Waals surface area contributed by atoms with Gasteiger partial charge in [0.2, 0.25) is 0 Å². The number of rotatable bonds is 16. The topological polar surface area (TPSA) is 44.8 Å². The van der Waals surface area contributed by atoms with E-state index in [1.54, 1.807) is 0 Å². The molecular formula is C37H65FO4Si2. The summed E-state index contributed by atoms with van der Waals surface area (Å²) in [6, 6.07) is 8.95. The zero-order valence-corrected chi connectivity index (χ0v) is 32.2. The number of hydrogen-bond acceptors (Lipinski definition) is 4. The third-order valence-electron chi connectivity index (χ3n) is 10.6. The normalized spacial score (nSPS) is 22.5. The van der Waals surface area contributed by atoms with Gasteiger partial charge in [-0.1, -0.05) is 104 Å². The van der Waals surface area contributed by atoms with Crippen LogP contribution >= 0.6 is 0 Å². The van der Waals surface area contributed by atoms with Gasteiger partial charge in [0, 0.05) is 24.7 Å². The van der Waals surface area contributed by atoms with Crippen molar-refractivity contribution in [1.29, 1.82) is 0 Å². The molecule has 7 heteroatoms. The number of carbonyl (C=O) groups is 1. The molecule has 0 saturated heterocycles. The number of carbonyl (C=O) groups excluding carboxylic acids is 1. The fourth-order valence-corrected chi connectivity index (χ4v) is 8.32. The van der Waals surface area contributed by atoms with Crippen LogP contribution in [0.2, 0.25) is 36.3 Å². The highest BCUT2D eigenvalue weighted by Crippen LogP contribution is 2.49. The van der Waals surface area contributed by atoms with E-state index in [0.29, 0.717) is 19.3 Å². The zero-order valence-electron chi connectivity index (χ0n) is 30.2. The highest BCUT2D eigenvalue weighted by Gasteiger charge is 2.49. The third kappa shape index (κ3) is 10.9. The van der Waals surface area contributed by atoms with Crippen LogP contribution in [-0.2, 0) is 18.4 Å². The van der Waals surface area contributed by atoms with E-state index in [9.17, 15) is 4.79 Å². The number of halogens is 1. The van der Waals surface area contributed by atoms with Gasteiger partial charge in [0.15, 0.2) is 16.6 Å². The summed E-state index contributed by atoms with van der Waals surface area (Å²) in [4.78, 5) is 11.4. The Labute approximate surface area is 272 Å². The standard InChI is InChI=1S/C37H65FO4Si2/c1-13-14-17-21-32(41-43(9,10)36(2,3)4)28-23-25-29(26-24-28)35-30(20-18-15-16-19-22-34(39)40-8)31(38)27-33(35)42-44(11,12)37(5,6)7/h15,18,23-26,30-33,35H,13-14,16-17,19-22,27H2,1-12H3/t30-,31+,32?,33+,35+/m0/s1. The fourth-order valence-electron chi connectivity index (χ4n) is 5.65. The van der Waals surface area contributed by atoms with Crippen molar-refractivity contribution >= 4 is 22.6 Å². The molecule has 0 aromatic heterocycles. The Kier molecular flexibility index (Phi) is 14.6. The summed E-state index contributed by atoms with van der Waals surface area (Å²) in [5, 5.41) is 0.196. The van der Waals surface area contributed by atoms with Gasteiger partial charge in [-0.3, -0.25) is 4.79 Å². The molecule has 44 heavy (non-hydrogen) atoms. The molecule has 0 aliphatic heterocycles. The second-order valence-electron chi connectivity index (χ2n) is 16.1. The van der Waals surface area contributed by atoms with Gasteiger partial charge < -0.3 is 13.6 Å². The van der Waals surface area contributed by atoms with E-state index in [1.165, 1.54) is 31.1 Å². The lowest BCUT2D eigenvalue weighted by molar-refractivity contribution is -0.140. The van der Waals surface area contributed by atoms with Gasteiger partial charge in [-0.25, -0.2) is 4.39 Å². The van der Waals surface area contributed by atoms with Gasteiger partial charge in [0.25, 0.3) is 0 Å². The highest BCUT2D eigenvalue weighted by atomic mass is 28.4. The molecule has 0 amide bonds. The molecule has 0 N–H and O–H groups in total. The van der Waals surface area contributed by atoms with Crippen LogP contribution in [0.3, 0.4) is 0 Å². The molecule has 1 aromatic carbocycles. The lowest BCUT2D eigenvalue weighted by Crippen LogP contribution is -2.44. The number of ether oxygens (including phenoxy) is 1. The van der Waals surface area contributed by atoms with Gasteiger partial charge in [-0.05, 0) is 73.1 Å². The number of unbranched alkanes of at least 4 members (excludes halogenated alkanes) is 3. The maximum absolute atomic E-state index is 15.9. The maximum atomic E-state index is 15.9. The molecule has 1 aromatic rings. The number of methoxy groups -OCH3 is 1. The highest BCUT2D eigenvalue weighted by molar-refractivity contribution is 6.74. The number of alkyl halides is 1. The molecule has 4 nitrogen and oxygen atoms in total. The van der Waals surface area contributed by atoms with Crippen LogP contribution in [0.5, 0.6) is 0 Å². The fraction of sp³-hybridized carbons (Fsp3) is 0.757. The molecule has 0 bridgehead atoms. The van der Waals surface area contributed by atoms with Crippen LogP contribution in [-0.4, -0.2) is 42.0 Å². The molecule has 2 rings (SSSR count). The van der Waals surface area contributed by atoms with E-state index in [4.69, 9.17) is 13.6 Å². The van der Waals surface area contributed by atoms with E-state index < -0.39 is 22.8 Å². The minimum atomic E-state index is -2.10. The lowest BCUT2D eigenvalue weighted by atomic mass is 9.84. The average molecular weight is 649 g/mol. The van der Waals surface area contributed by atoms with Crippen molar-refractivity contribution in [2.75, 3.05) is 7.11 Å². The molecule has 1 unspecified atom stereocenters. The molecule has 252 valence electrons. The largest absolute Gasteiger partial charge is 0.469 e. The summed E-state index contributed by atoms with van der Waals surface area (Å²) in [6.45, 7) is 25.1. The third-order valence-corrected chi connectivity index (χ3v) is 19.6. The van der Waals surface area contributed by atoms with Crippen LogP contribution in [0.4, 0.5) is 4.39 Å². The van der Waals surface area contributed by atoms with Gasteiger partial charge >= 0.3 is 5.97 Å². The summed E-state index contributed by atoms with van der Waals surface area (Å²) in [6.07, 6.45) is 10.8. The van der Waals surface area contributed by atoms with Crippen LogP contribution in [0.1, 0.15) is 129 Å². The van der Waals surface area contributed by atoms with Crippen molar-refractivity contribution < 1.29 is 22.8 Å². The van der Waals surface area contributed by atoms with Crippen molar-refractivity contribution in [3.63, 3.8) is 0 Å². The van der Waals surface area contributed by atoms with Crippen molar-refractivity contribution in [3.8, 4) is 0 Å². The predicted molar refractivity (Wildman–Crippen MR) is 189 cm³/mol. The Morgan fingerprint density at radius 3 is 2.11 bits per heavy atom. The van der Waals surface area contributed by atoms with Gasteiger partial charge in [-0.15, -0.1) is 0 Å². The number of benzene rings is 1. The molecule has 5 atom stereocenters. The summed E-state index contributed by atoms with van der Waals surface area (Å²) >= 11 is 0. The summed E-state index contributed by atoms with van der Waals surface area (Å²) in [5.41, 5.74) is 2.40. The Balaban J connectivity index is 2.37. The Bertz CT molecular complexity index is 1040. The van der Waals surface area contributed by atoms with E-state index in [1.807, 2.05) is 0 Å². The molecule has 1 aliphatic carbocycles. The van der Waals surface area contributed by atoms with Crippen molar-refractivity contribution in [3.05, 3.63) is 47.5 Å². The van der Waals surface area contributed by atoms with Gasteiger partial charge in [-0.2, -0.15) is 0 Å². The first-order valence-electron chi connectivity index (χ1n) is 17.2. The first-order chi connectivity index (χ1) is 20.3. The van der Waals surface area contributed by atoms with E-state index in [0.717, 1.165) is 25.7 Å². The zero-order chi connectivity index (χ0) is 33.3. The van der Waals surface area contributed by atoms with E-state index in [2.05, 4.69) is 111 Å². The molecule has 0 heterocycles. The molecular weight excluding hydrogens is 584 g/mol. The predicted octanol–water partition coefficient (Wildman–Crippen LogP) is 11.5. The Hall–Kier alpha value is -1.29. The van der Waals surface area contributed by atoms with E-state index >= 15 is 4.39 Å². The SMILES string of the molecule is CCCCCC(O[Si](C)(C)C(C)(C)C)c1ccc([C@@H]2[C@@H](CC=CCCCC(=O)OC)[C@H](F)C[C@H]2O[Si](C)(C)C(C)(C)C)cc1. The smallest absolute Gasteiger partial charge is 0.305 e. The van der Waals surface area contributed by atoms with Gasteiger partial charge in [0.05, 0.1) is 19.3 Å². The summed E-state index contributed by atoms with van der Waals surface area (Å²) in [7, 11) is -2.64. The molecule has 0 spiro atoms. The molecule has 0 radical (unpaired) electrons. The van der Waals surface area contributed by atoms with Crippen molar-refractivity contribution in [1.82, 2.24) is 0 Å². The van der Waals surface area contributed by atoms with Crippen molar-refractivity contribution in [2.45, 2.75) is 167 Å². The molecule has 1 aliphatic rings. The van der Waals surface area contributed by atoms with Crippen LogP contribution in [0.15, 0.2) is 36.4 Å². The second-order valence-corrected chi connectivity index (χ2v) is 25.6. The first kappa shape index (κ1) is 38.9. The van der Waals surface area contributed by atoms with Gasteiger partial charge in [0.1, 0.15) is 6.17 Å². The number of hydrogen-bond donors (Lipinski definition) is 0. The summed E-state index contributed by atoms with van der Waals surface area (Å²) in [5.74, 6) is -0.335. The Morgan fingerprint density at radius 1 is 0.955 bits per heavy atom. The second kappa shape index (κ2) is 16.5. The van der Waals surface area contributed by atoms with Crippen LogP contribution in [0, 0.1) is 5.92 Å². The van der Waals surface area contributed by atoms with Crippen LogP contribution < -0.4 is 0 Å². The van der Waals surface area contributed by atoms with Crippen LogP contribution in [0.25, 0.3) is 0 Å².